The number of esters is 1. The number of carbonyl (C=O) groups excluding carboxylic acids is 1. The normalized spacial score (nSPS) is 16.5. The van der Waals surface area contributed by atoms with Crippen LogP contribution in [0.3, 0.4) is 0 Å². The summed E-state index contributed by atoms with van der Waals surface area (Å²) >= 11 is 0. The van der Waals surface area contributed by atoms with E-state index in [1.807, 2.05) is 20.9 Å². The lowest BCUT2D eigenvalue weighted by Gasteiger charge is -2.37. The van der Waals surface area contributed by atoms with Gasteiger partial charge in [-0.25, -0.2) is 0 Å². The van der Waals surface area contributed by atoms with E-state index in [-0.39, 0.29) is 5.97 Å². The average molecular weight is 272 g/mol. The molecule has 2 unspecified atom stereocenters. The molecule has 19 heavy (non-hydrogen) atoms. The molecule has 1 N–H and O–H groups in total. The summed E-state index contributed by atoms with van der Waals surface area (Å²) in [6.45, 7) is 14.0. The van der Waals surface area contributed by atoms with Crippen molar-refractivity contribution in [3.05, 3.63) is 0 Å². The van der Waals surface area contributed by atoms with Gasteiger partial charge in [0.1, 0.15) is 5.54 Å². The van der Waals surface area contributed by atoms with Crippen LogP contribution in [0.2, 0.25) is 0 Å². The van der Waals surface area contributed by atoms with E-state index in [1.165, 1.54) is 0 Å². The molecule has 0 aromatic carbocycles. The van der Waals surface area contributed by atoms with Gasteiger partial charge in [0.2, 0.25) is 0 Å². The number of hydrogen-bond acceptors (Lipinski definition) is 4. The van der Waals surface area contributed by atoms with E-state index in [0.717, 1.165) is 19.4 Å². The Morgan fingerprint density at radius 2 is 1.89 bits per heavy atom. The van der Waals surface area contributed by atoms with Crippen molar-refractivity contribution in [2.24, 2.45) is 0 Å². The number of nitrogens with zero attached hydrogens (tertiary/aromatic N) is 1. The molecule has 0 amide bonds. The fraction of sp³-hybridized carbons (Fsp3) is 0.933. The van der Waals surface area contributed by atoms with Crippen molar-refractivity contribution in [1.82, 2.24) is 10.2 Å². The number of nitrogens with one attached hydrogen (secondary N) is 1. The summed E-state index contributed by atoms with van der Waals surface area (Å²) in [7, 11) is 1.82. The van der Waals surface area contributed by atoms with Crippen LogP contribution in [0.5, 0.6) is 0 Å². The van der Waals surface area contributed by atoms with Crippen LogP contribution < -0.4 is 5.32 Å². The van der Waals surface area contributed by atoms with Gasteiger partial charge in [0, 0.05) is 12.1 Å². The smallest absolute Gasteiger partial charge is 0.326 e. The first-order valence-corrected chi connectivity index (χ1v) is 7.44. The molecule has 0 rings (SSSR count). The fourth-order valence-corrected chi connectivity index (χ4v) is 2.53. The summed E-state index contributed by atoms with van der Waals surface area (Å²) in [4.78, 5) is 14.5. The Labute approximate surface area is 118 Å². The largest absolute Gasteiger partial charge is 0.465 e. The maximum Gasteiger partial charge on any atom is 0.326 e. The average Bonchev–Trinajstić information content (AvgIpc) is 2.35. The summed E-state index contributed by atoms with van der Waals surface area (Å²) in [5.74, 6) is -0.162. The Morgan fingerprint density at radius 1 is 1.32 bits per heavy atom. The zero-order valence-electron chi connectivity index (χ0n) is 13.7. The molecule has 0 saturated carbocycles. The van der Waals surface area contributed by atoms with Gasteiger partial charge in [-0.2, -0.15) is 0 Å². The second-order valence-corrected chi connectivity index (χ2v) is 5.69. The van der Waals surface area contributed by atoms with Gasteiger partial charge in [-0.1, -0.05) is 6.92 Å². The van der Waals surface area contributed by atoms with Crippen LogP contribution in [0.25, 0.3) is 0 Å². The minimum Gasteiger partial charge on any atom is -0.465 e. The van der Waals surface area contributed by atoms with Crippen molar-refractivity contribution < 1.29 is 9.53 Å². The van der Waals surface area contributed by atoms with Crippen LogP contribution in [0.15, 0.2) is 0 Å². The molecule has 0 bridgehead atoms. The zero-order chi connectivity index (χ0) is 15.1. The molecule has 0 aliphatic heterocycles. The molecule has 0 aromatic rings. The maximum atomic E-state index is 12.1. The van der Waals surface area contributed by atoms with Crippen molar-refractivity contribution in [3.8, 4) is 0 Å². The zero-order valence-corrected chi connectivity index (χ0v) is 13.7. The Bertz CT molecular complexity index is 269. The first kappa shape index (κ1) is 18.4. The molecule has 0 heterocycles. The molecule has 0 aliphatic rings. The van der Waals surface area contributed by atoms with E-state index < -0.39 is 5.54 Å². The van der Waals surface area contributed by atoms with Crippen molar-refractivity contribution >= 4 is 5.97 Å². The minimum absolute atomic E-state index is 0.162. The molecule has 114 valence electrons. The van der Waals surface area contributed by atoms with Gasteiger partial charge in [-0.3, -0.25) is 9.69 Å². The molecule has 4 nitrogen and oxygen atoms in total. The molecule has 2 atom stereocenters. The third-order valence-electron chi connectivity index (χ3n) is 3.69. The molecule has 4 heteroatoms. The highest BCUT2D eigenvalue weighted by atomic mass is 16.5. The van der Waals surface area contributed by atoms with Gasteiger partial charge in [0.15, 0.2) is 0 Å². The number of carbonyl (C=O) groups is 1. The fourth-order valence-electron chi connectivity index (χ4n) is 2.53. The van der Waals surface area contributed by atoms with Gasteiger partial charge < -0.3 is 10.1 Å². The van der Waals surface area contributed by atoms with Crippen LogP contribution >= 0.6 is 0 Å². The topological polar surface area (TPSA) is 41.6 Å². The van der Waals surface area contributed by atoms with E-state index in [0.29, 0.717) is 18.7 Å². The van der Waals surface area contributed by atoms with E-state index in [1.54, 1.807) is 0 Å². The van der Waals surface area contributed by atoms with E-state index in [4.69, 9.17) is 4.74 Å². The van der Waals surface area contributed by atoms with E-state index in [9.17, 15) is 4.79 Å². The minimum atomic E-state index is -0.615. The molecule has 0 aromatic heterocycles. The van der Waals surface area contributed by atoms with Crippen LogP contribution in [-0.4, -0.2) is 48.7 Å². The molecule has 0 fully saturated rings. The second-order valence-electron chi connectivity index (χ2n) is 5.69. The van der Waals surface area contributed by atoms with Crippen molar-refractivity contribution in [2.45, 2.75) is 72.0 Å². The first-order chi connectivity index (χ1) is 8.82. The summed E-state index contributed by atoms with van der Waals surface area (Å²) in [6, 6.07) is 0.819. The number of hydrogen-bond donors (Lipinski definition) is 1. The van der Waals surface area contributed by atoms with Crippen molar-refractivity contribution in [2.75, 3.05) is 20.2 Å². The Kier molecular flexibility index (Phi) is 8.26. The lowest BCUT2D eigenvalue weighted by Crippen LogP contribution is -2.53. The Balaban J connectivity index is 4.79. The number of rotatable bonds is 9. The number of likely N-dealkylation sites (N-methyl/N-ethyl adjacent to an activating group) is 1. The molecule has 0 radical (unpaired) electrons. The summed E-state index contributed by atoms with van der Waals surface area (Å²) in [5, 5.41) is 3.13. The predicted molar refractivity (Wildman–Crippen MR) is 80.3 cm³/mol. The highest BCUT2D eigenvalue weighted by molar-refractivity contribution is 5.80. The lowest BCUT2D eigenvalue weighted by atomic mass is 9.92. The molecular weight excluding hydrogens is 240 g/mol. The highest BCUT2D eigenvalue weighted by Gasteiger charge is 2.36. The molecule has 0 spiro atoms. The molecular formula is C15H32N2O2. The van der Waals surface area contributed by atoms with Crippen molar-refractivity contribution in [1.29, 1.82) is 0 Å². The first-order valence-electron chi connectivity index (χ1n) is 7.44. The summed E-state index contributed by atoms with van der Waals surface area (Å²) < 4.78 is 5.18. The number of ether oxygens (including phenoxy) is 1. The van der Waals surface area contributed by atoms with Crippen LogP contribution in [0, 0.1) is 0 Å². The second kappa shape index (κ2) is 8.54. The Morgan fingerprint density at radius 3 is 2.26 bits per heavy atom. The van der Waals surface area contributed by atoms with Gasteiger partial charge in [0.25, 0.3) is 0 Å². The third kappa shape index (κ3) is 5.49. The molecule has 0 aliphatic carbocycles. The van der Waals surface area contributed by atoms with Gasteiger partial charge in [-0.05, 0) is 61.1 Å². The van der Waals surface area contributed by atoms with Gasteiger partial charge >= 0.3 is 5.97 Å². The van der Waals surface area contributed by atoms with Gasteiger partial charge in [-0.15, -0.1) is 0 Å². The lowest BCUT2D eigenvalue weighted by molar-refractivity contribution is -0.151. The van der Waals surface area contributed by atoms with Crippen LogP contribution in [-0.2, 0) is 9.53 Å². The third-order valence-corrected chi connectivity index (χ3v) is 3.69. The Hall–Kier alpha value is -0.610. The summed E-state index contributed by atoms with van der Waals surface area (Å²) in [5.41, 5.74) is -0.615. The van der Waals surface area contributed by atoms with Crippen molar-refractivity contribution in [3.63, 3.8) is 0 Å². The van der Waals surface area contributed by atoms with Crippen LogP contribution in [0.4, 0.5) is 0 Å². The van der Waals surface area contributed by atoms with E-state index in [2.05, 4.69) is 37.9 Å². The monoisotopic (exact) mass is 272 g/mol. The summed E-state index contributed by atoms with van der Waals surface area (Å²) in [6.07, 6.45) is 1.87. The maximum absolute atomic E-state index is 12.1. The quantitative estimate of drug-likeness (QED) is 0.655. The van der Waals surface area contributed by atoms with Crippen LogP contribution in [0.1, 0.15) is 54.4 Å². The molecule has 0 saturated heterocycles. The SMILES string of the molecule is CCCN(C(C)C)C(C)CC(C)(NC)C(=O)OCC. The predicted octanol–water partition coefficient (Wildman–Crippen LogP) is 2.43. The van der Waals surface area contributed by atoms with E-state index >= 15 is 0 Å². The standard InChI is InChI=1S/C15H32N2O2/c1-8-10-17(12(3)4)13(5)11-15(6,16-7)14(18)19-9-2/h12-13,16H,8-11H2,1-7H3. The van der Waals surface area contributed by atoms with Gasteiger partial charge in [0.05, 0.1) is 6.61 Å². The highest BCUT2D eigenvalue weighted by Crippen LogP contribution is 2.20.